The first-order valence-corrected chi connectivity index (χ1v) is 10.2. The highest BCUT2D eigenvalue weighted by atomic mass is 35.5. The molecule has 2 atom stereocenters. The SMILES string of the molecule is C=CCOC(=O)c1ccc(Cl)cc1NC(=O)[C@@H]1C[C@@H](CC(=O)S)CN1C(=O)OCC=C. The second kappa shape index (κ2) is 11.6. The van der Waals surface area contributed by atoms with Crippen molar-refractivity contribution in [2.45, 2.75) is 18.9 Å². The Bertz CT molecular complexity index is 891. The first-order chi connectivity index (χ1) is 14.8. The number of halogens is 1. The van der Waals surface area contributed by atoms with E-state index in [-0.39, 0.29) is 54.9 Å². The summed E-state index contributed by atoms with van der Waals surface area (Å²) in [6.45, 7) is 7.11. The maximum atomic E-state index is 13.0. The van der Waals surface area contributed by atoms with E-state index in [2.05, 4.69) is 31.1 Å². The first-order valence-electron chi connectivity index (χ1n) is 9.41. The molecule has 1 N–H and O–H groups in total. The second-order valence-corrected chi connectivity index (χ2v) is 7.73. The maximum Gasteiger partial charge on any atom is 0.410 e. The standard InChI is InChI=1S/C21H23ClN2O6S/c1-3-7-29-20(27)15-6-5-14(22)11-16(15)23-19(26)17-9-13(10-18(25)31)12-24(17)21(28)30-8-4-2/h3-6,11,13,17H,1-2,7-10,12H2,(H,23,26)(H,25,31)/t13-,17-/m0/s1. The zero-order valence-corrected chi connectivity index (χ0v) is 18.4. The van der Waals surface area contributed by atoms with Crippen LogP contribution in [0.1, 0.15) is 23.2 Å². The fourth-order valence-electron chi connectivity index (χ4n) is 3.21. The number of hydrogen-bond donors (Lipinski definition) is 2. The Balaban J connectivity index is 2.24. The number of benzene rings is 1. The van der Waals surface area contributed by atoms with Gasteiger partial charge in [-0.3, -0.25) is 14.5 Å². The minimum Gasteiger partial charge on any atom is -0.458 e. The molecule has 1 aromatic rings. The molecule has 0 spiro atoms. The van der Waals surface area contributed by atoms with Crippen molar-refractivity contribution in [2.24, 2.45) is 5.92 Å². The molecule has 0 saturated carbocycles. The predicted octanol–water partition coefficient (Wildman–Crippen LogP) is 3.48. The molecule has 0 radical (unpaired) electrons. The molecule has 10 heteroatoms. The summed E-state index contributed by atoms with van der Waals surface area (Å²) in [4.78, 5) is 50.4. The van der Waals surface area contributed by atoms with Crippen LogP contribution in [0.2, 0.25) is 5.02 Å². The van der Waals surface area contributed by atoms with Crippen LogP contribution in [0.25, 0.3) is 0 Å². The van der Waals surface area contributed by atoms with Gasteiger partial charge < -0.3 is 14.8 Å². The number of anilines is 1. The molecule has 0 bridgehead atoms. The Morgan fingerprint density at radius 3 is 2.52 bits per heavy atom. The summed E-state index contributed by atoms with van der Waals surface area (Å²) in [5, 5.41) is 2.60. The molecule has 31 heavy (non-hydrogen) atoms. The molecular formula is C21H23ClN2O6S. The lowest BCUT2D eigenvalue weighted by molar-refractivity contribution is -0.120. The highest BCUT2D eigenvalue weighted by molar-refractivity contribution is 7.96. The molecule has 1 saturated heterocycles. The van der Waals surface area contributed by atoms with Crippen LogP contribution in [0, 0.1) is 5.92 Å². The van der Waals surface area contributed by atoms with E-state index >= 15 is 0 Å². The van der Waals surface area contributed by atoms with Gasteiger partial charge >= 0.3 is 12.1 Å². The summed E-state index contributed by atoms with van der Waals surface area (Å²) in [6, 6.07) is 3.42. The number of likely N-dealkylation sites (tertiary alicyclic amines) is 1. The summed E-state index contributed by atoms with van der Waals surface area (Å²) in [7, 11) is 0. The third kappa shape index (κ3) is 6.86. The number of ether oxygens (including phenoxy) is 2. The Morgan fingerprint density at radius 2 is 1.87 bits per heavy atom. The van der Waals surface area contributed by atoms with E-state index < -0.39 is 24.0 Å². The first kappa shape index (κ1) is 24.5. The maximum absolute atomic E-state index is 13.0. The molecule has 0 aliphatic carbocycles. The van der Waals surface area contributed by atoms with E-state index in [0.717, 1.165) is 0 Å². The van der Waals surface area contributed by atoms with Gasteiger partial charge in [-0.1, -0.05) is 36.9 Å². The number of esters is 1. The van der Waals surface area contributed by atoms with E-state index in [1.54, 1.807) is 0 Å². The Labute approximate surface area is 190 Å². The van der Waals surface area contributed by atoms with Gasteiger partial charge in [-0.25, -0.2) is 9.59 Å². The van der Waals surface area contributed by atoms with Gasteiger partial charge in [0.05, 0.1) is 11.3 Å². The number of thiol groups is 1. The molecule has 166 valence electrons. The van der Waals surface area contributed by atoms with Crippen molar-refractivity contribution in [3.05, 3.63) is 54.1 Å². The third-order valence-corrected chi connectivity index (χ3v) is 4.92. The molecular weight excluding hydrogens is 444 g/mol. The lowest BCUT2D eigenvalue weighted by Crippen LogP contribution is -2.43. The zero-order chi connectivity index (χ0) is 23.0. The fourth-order valence-corrected chi connectivity index (χ4v) is 3.64. The summed E-state index contributed by atoms with van der Waals surface area (Å²) in [6.07, 6.45) is 2.46. The number of nitrogens with one attached hydrogen (secondary N) is 1. The third-order valence-electron chi connectivity index (χ3n) is 4.50. The average molecular weight is 467 g/mol. The van der Waals surface area contributed by atoms with Crippen LogP contribution >= 0.6 is 24.2 Å². The molecule has 2 rings (SSSR count). The van der Waals surface area contributed by atoms with E-state index in [9.17, 15) is 19.2 Å². The second-order valence-electron chi connectivity index (χ2n) is 6.80. The quantitative estimate of drug-likeness (QED) is 0.328. The monoisotopic (exact) mass is 466 g/mol. The van der Waals surface area contributed by atoms with Gasteiger partial charge in [-0.15, -0.1) is 12.6 Å². The smallest absolute Gasteiger partial charge is 0.410 e. The summed E-state index contributed by atoms with van der Waals surface area (Å²) in [5.41, 5.74) is 0.236. The number of amides is 2. The van der Waals surface area contributed by atoms with Gasteiger partial charge in [-0.2, -0.15) is 0 Å². The predicted molar refractivity (Wildman–Crippen MR) is 119 cm³/mol. The molecule has 1 aliphatic rings. The lowest BCUT2D eigenvalue weighted by Gasteiger charge is -2.23. The van der Waals surface area contributed by atoms with Crippen molar-refractivity contribution in [2.75, 3.05) is 25.1 Å². The molecule has 0 unspecified atom stereocenters. The Kier molecular flexibility index (Phi) is 9.14. The van der Waals surface area contributed by atoms with Crippen molar-refractivity contribution in [1.29, 1.82) is 0 Å². The van der Waals surface area contributed by atoms with E-state index in [0.29, 0.717) is 5.02 Å². The Hall–Kier alpha value is -2.78. The number of hydrogen-bond acceptors (Lipinski definition) is 6. The van der Waals surface area contributed by atoms with Crippen LogP contribution in [0.5, 0.6) is 0 Å². The normalized spacial score (nSPS) is 17.5. The average Bonchev–Trinajstić information content (AvgIpc) is 3.13. The highest BCUT2D eigenvalue weighted by Crippen LogP contribution is 2.29. The minimum absolute atomic E-state index is 0.000169. The molecule has 1 aromatic carbocycles. The van der Waals surface area contributed by atoms with Crippen molar-refractivity contribution >= 4 is 53.0 Å². The number of nitrogens with zero attached hydrogens (tertiary/aromatic N) is 1. The molecule has 1 aliphatic heterocycles. The molecule has 1 heterocycles. The summed E-state index contributed by atoms with van der Waals surface area (Å²) < 4.78 is 10.1. The Morgan fingerprint density at radius 1 is 1.19 bits per heavy atom. The summed E-state index contributed by atoms with van der Waals surface area (Å²) >= 11 is 9.81. The van der Waals surface area contributed by atoms with Crippen LogP contribution in [-0.4, -0.2) is 53.8 Å². The molecule has 8 nitrogen and oxygen atoms in total. The van der Waals surface area contributed by atoms with E-state index in [4.69, 9.17) is 21.1 Å². The van der Waals surface area contributed by atoms with Crippen molar-refractivity contribution < 1.29 is 28.7 Å². The minimum atomic E-state index is -0.911. The summed E-state index contributed by atoms with van der Waals surface area (Å²) in [5.74, 6) is -1.47. The number of rotatable bonds is 9. The molecule has 0 aromatic heterocycles. The van der Waals surface area contributed by atoms with Gasteiger partial charge in [0.1, 0.15) is 19.3 Å². The number of carbonyl (C=O) groups is 4. The van der Waals surface area contributed by atoms with Crippen LogP contribution in [-0.2, 0) is 19.1 Å². The van der Waals surface area contributed by atoms with Crippen LogP contribution in [0.3, 0.4) is 0 Å². The van der Waals surface area contributed by atoms with Crippen LogP contribution < -0.4 is 5.32 Å². The molecule has 2 amide bonds. The van der Waals surface area contributed by atoms with Gasteiger partial charge in [0, 0.05) is 18.0 Å². The van der Waals surface area contributed by atoms with Gasteiger partial charge in [0.25, 0.3) is 0 Å². The van der Waals surface area contributed by atoms with Gasteiger partial charge in [-0.05, 0) is 30.5 Å². The van der Waals surface area contributed by atoms with Crippen LogP contribution in [0.15, 0.2) is 43.5 Å². The fraction of sp³-hybridized carbons (Fsp3) is 0.333. The topological polar surface area (TPSA) is 102 Å². The number of carbonyl (C=O) groups excluding carboxylic acids is 4. The highest BCUT2D eigenvalue weighted by Gasteiger charge is 2.41. The molecule has 1 fully saturated rings. The van der Waals surface area contributed by atoms with Gasteiger partial charge in [0.2, 0.25) is 5.91 Å². The van der Waals surface area contributed by atoms with Crippen molar-refractivity contribution in [3.8, 4) is 0 Å². The largest absolute Gasteiger partial charge is 0.458 e. The van der Waals surface area contributed by atoms with Crippen LogP contribution in [0.4, 0.5) is 10.5 Å². The van der Waals surface area contributed by atoms with Gasteiger partial charge in [0.15, 0.2) is 5.12 Å². The van der Waals surface area contributed by atoms with Crippen molar-refractivity contribution in [3.63, 3.8) is 0 Å². The zero-order valence-electron chi connectivity index (χ0n) is 16.7. The van der Waals surface area contributed by atoms with Crippen molar-refractivity contribution in [1.82, 2.24) is 4.90 Å². The van der Waals surface area contributed by atoms with E-state index in [1.165, 1.54) is 35.3 Å². The lowest BCUT2D eigenvalue weighted by atomic mass is 10.0. The van der Waals surface area contributed by atoms with E-state index in [1.807, 2.05) is 0 Å².